The molecule has 2 aliphatic rings. The summed E-state index contributed by atoms with van der Waals surface area (Å²) >= 11 is 0. The molecule has 1 fully saturated rings. The molecule has 2 heterocycles. The Morgan fingerprint density at radius 1 is 1.09 bits per heavy atom. The summed E-state index contributed by atoms with van der Waals surface area (Å²) < 4.78 is 14.5. The molecule has 0 bridgehead atoms. The highest BCUT2D eigenvalue weighted by Crippen LogP contribution is 2.46. The number of fused-ring (bicyclic) bond motifs is 1. The molecule has 2 aromatic carbocycles. The number of nitrogens with one attached hydrogen (secondary N) is 2. The zero-order valence-electron chi connectivity index (χ0n) is 18.9. The number of allylic oxidation sites excluding steroid dienone is 1. The maximum atomic E-state index is 14.5. The number of aromatic nitrogens is 1. The van der Waals surface area contributed by atoms with Crippen LogP contribution in [0.1, 0.15) is 59.1 Å². The Morgan fingerprint density at radius 3 is 2.56 bits per heavy atom. The third-order valence-electron chi connectivity index (χ3n) is 6.61. The van der Waals surface area contributed by atoms with Crippen molar-refractivity contribution in [3.05, 3.63) is 100 Å². The summed E-state index contributed by atoms with van der Waals surface area (Å²) in [5.74, 6) is -0.599. The van der Waals surface area contributed by atoms with Gasteiger partial charge in [-0.3, -0.25) is 4.98 Å². The quantitative estimate of drug-likeness (QED) is 0.236. The molecule has 5 rings (SSSR count). The van der Waals surface area contributed by atoms with Gasteiger partial charge < -0.3 is 10.5 Å². The molecule has 6 heteroatoms. The summed E-state index contributed by atoms with van der Waals surface area (Å²) in [6, 6.07) is 18.3. The monoisotopic (exact) mass is 455 g/mol. The summed E-state index contributed by atoms with van der Waals surface area (Å²) in [7, 11) is 0. The highest BCUT2D eigenvalue weighted by Gasteiger charge is 2.29. The van der Waals surface area contributed by atoms with Crippen LogP contribution in [0.15, 0.2) is 66.9 Å². The number of aryl methyl sites for hydroxylation is 1. The molecule has 0 amide bonds. The lowest BCUT2D eigenvalue weighted by atomic mass is 9.73. The minimum atomic E-state index is -1.27. The molecule has 1 aliphatic heterocycles. The predicted molar refractivity (Wildman–Crippen MR) is 132 cm³/mol. The number of pyridine rings is 1. The van der Waals surface area contributed by atoms with Crippen molar-refractivity contribution in [2.24, 2.45) is 5.92 Å². The van der Waals surface area contributed by atoms with Gasteiger partial charge in [-0.25, -0.2) is 14.6 Å². The number of carbonyl (C=O) groups is 1. The van der Waals surface area contributed by atoms with E-state index in [2.05, 4.69) is 28.0 Å². The first-order valence-corrected chi connectivity index (χ1v) is 11.5. The SMILES string of the molecule is Cc1cc(/C(=C(\c2ccccc2)C2CCC2)c2ccc3c(c2)C(F)NN3)cnc1/C=C/C(=O)O. The Morgan fingerprint density at radius 2 is 1.88 bits per heavy atom. The van der Waals surface area contributed by atoms with E-state index < -0.39 is 12.3 Å². The molecule has 0 spiro atoms. The fourth-order valence-corrected chi connectivity index (χ4v) is 4.68. The summed E-state index contributed by atoms with van der Waals surface area (Å²) in [6.07, 6.45) is 6.53. The van der Waals surface area contributed by atoms with Gasteiger partial charge in [-0.05, 0) is 77.8 Å². The Balaban J connectivity index is 1.73. The minimum Gasteiger partial charge on any atom is -0.478 e. The number of anilines is 1. The first-order chi connectivity index (χ1) is 16.5. The minimum absolute atomic E-state index is 0.412. The van der Waals surface area contributed by atoms with Crippen molar-refractivity contribution in [3.63, 3.8) is 0 Å². The molecule has 3 aromatic rings. The third kappa shape index (κ3) is 4.24. The Kier molecular flexibility index (Phi) is 5.99. The van der Waals surface area contributed by atoms with Crippen molar-refractivity contribution in [2.45, 2.75) is 32.5 Å². The largest absolute Gasteiger partial charge is 0.478 e. The van der Waals surface area contributed by atoms with Gasteiger partial charge in [0.25, 0.3) is 0 Å². The van der Waals surface area contributed by atoms with Gasteiger partial charge in [0.1, 0.15) is 0 Å². The zero-order chi connectivity index (χ0) is 23.7. The number of hydrogen-bond acceptors (Lipinski definition) is 4. The van der Waals surface area contributed by atoms with Crippen molar-refractivity contribution in [1.29, 1.82) is 0 Å². The van der Waals surface area contributed by atoms with Crippen molar-refractivity contribution in [3.8, 4) is 0 Å². The number of carboxylic acid groups (broad SMARTS) is 1. The van der Waals surface area contributed by atoms with Crippen LogP contribution in [-0.2, 0) is 4.79 Å². The van der Waals surface area contributed by atoms with Crippen molar-refractivity contribution in [2.75, 3.05) is 5.43 Å². The molecule has 0 radical (unpaired) electrons. The lowest BCUT2D eigenvalue weighted by Gasteiger charge is -2.31. The molecule has 5 nitrogen and oxygen atoms in total. The first-order valence-electron chi connectivity index (χ1n) is 11.5. The molecular formula is C28H26FN3O2. The van der Waals surface area contributed by atoms with Gasteiger partial charge in [0.2, 0.25) is 0 Å². The second-order valence-electron chi connectivity index (χ2n) is 8.81. The van der Waals surface area contributed by atoms with Crippen LogP contribution in [0.5, 0.6) is 0 Å². The molecule has 1 saturated carbocycles. The lowest BCUT2D eigenvalue weighted by molar-refractivity contribution is -0.131. The van der Waals surface area contributed by atoms with Gasteiger partial charge in [0.15, 0.2) is 6.30 Å². The van der Waals surface area contributed by atoms with Crippen LogP contribution < -0.4 is 10.9 Å². The number of benzene rings is 2. The lowest BCUT2D eigenvalue weighted by Crippen LogP contribution is -2.15. The van der Waals surface area contributed by atoms with E-state index in [1.807, 2.05) is 49.4 Å². The Hall–Kier alpha value is -3.77. The smallest absolute Gasteiger partial charge is 0.328 e. The fourth-order valence-electron chi connectivity index (χ4n) is 4.68. The first kappa shape index (κ1) is 22.0. The fraction of sp³-hybridized carbons (Fsp3) is 0.214. The molecule has 1 unspecified atom stereocenters. The highest BCUT2D eigenvalue weighted by molar-refractivity contribution is 6.00. The van der Waals surface area contributed by atoms with Gasteiger partial charge in [-0.1, -0.05) is 42.8 Å². The number of rotatable bonds is 6. The number of hydrogen-bond donors (Lipinski definition) is 3. The van der Waals surface area contributed by atoms with E-state index in [4.69, 9.17) is 5.11 Å². The van der Waals surface area contributed by atoms with Gasteiger partial charge in [-0.2, -0.15) is 0 Å². The second kappa shape index (κ2) is 9.23. The molecule has 3 N–H and O–H groups in total. The molecule has 0 saturated heterocycles. The zero-order valence-corrected chi connectivity index (χ0v) is 18.9. The second-order valence-corrected chi connectivity index (χ2v) is 8.81. The normalized spacial score (nSPS) is 18.2. The van der Waals surface area contributed by atoms with E-state index in [1.165, 1.54) is 18.1 Å². The van der Waals surface area contributed by atoms with Gasteiger partial charge in [0.05, 0.1) is 11.4 Å². The molecule has 172 valence electrons. The van der Waals surface area contributed by atoms with Gasteiger partial charge in [0, 0.05) is 23.4 Å². The topological polar surface area (TPSA) is 74.2 Å². The van der Waals surface area contributed by atoms with Crippen molar-refractivity contribution < 1.29 is 14.3 Å². The van der Waals surface area contributed by atoms with E-state index in [-0.39, 0.29) is 0 Å². The van der Waals surface area contributed by atoms with Gasteiger partial charge in [-0.15, -0.1) is 0 Å². The third-order valence-corrected chi connectivity index (χ3v) is 6.61. The summed E-state index contributed by atoms with van der Waals surface area (Å²) in [4.78, 5) is 15.5. The molecule has 34 heavy (non-hydrogen) atoms. The van der Waals surface area contributed by atoms with Crippen LogP contribution in [0, 0.1) is 12.8 Å². The predicted octanol–water partition coefficient (Wildman–Crippen LogP) is 6.15. The number of alkyl halides is 1. The van der Waals surface area contributed by atoms with Crippen LogP contribution in [0.4, 0.5) is 10.1 Å². The summed E-state index contributed by atoms with van der Waals surface area (Å²) in [5.41, 5.74) is 13.7. The number of carboxylic acids is 1. The number of aliphatic carboxylic acids is 1. The average Bonchev–Trinajstić information content (AvgIpc) is 3.17. The number of hydrazine groups is 1. The van der Waals surface area contributed by atoms with Crippen LogP contribution in [0.2, 0.25) is 0 Å². The van der Waals surface area contributed by atoms with Crippen LogP contribution in [-0.4, -0.2) is 16.1 Å². The average molecular weight is 456 g/mol. The maximum absolute atomic E-state index is 14.5. The highest BCUT2D eigenvalue weighted by atomic mass is 19.1. The number of halogens is 1. The van der Waals surface area contributed by atoms with Crippen LogP contribution in [0.3, 0.4) is 0 Å². The van der Waals surface area contributed by atoms with E-state index in [0.29, 0.717) is 17.2 Å². The van der Waals surface area contributed by atoms with Crippen LogP contribution >= 0.6 is 0 Å². The van der Waals surface area contributed by atoms with Crippen molar-refractivity contribution >= 4 is 28.9 Å². The van der Waals surface area contributed by atoms with E-state index in [1.54, 1.807) is 6.20 Å². The van der Waals surface area contributed by atoms with Crippen molar-refractivity contribution in [1.82, 2.24) is 10.4 Å². The van der Waals surface area contributed by atoms with E-state index in [0.717, 1.165) is 52.4 Å². The summed E-state index contributed by atoms with van der Waals surface area (Å²) in [5, 5.41) is 8.99. The standard InChI is InChI=1S/C28H26FN3O2/c1-17-14-21(16-30-23(17)12-13-25(33)34)27(20-10-11-24-22(15-20)28(29)32-31-24)26(19-8-5-9-19)18-6-3-2-4-7-18/h2-4,6-7,10-16,19,28,31-32H,5,8-9H2,1H3,(H,33,34)/b13-12+,27-26+. The molecular weight excluding hydrogens is 429 g/mol. The Bertz CT molecular complexity index is 1300. The van der Waals surface area contributed by atoms with Gasteiger partial charge >= 0.3 is 5.97 Å². The maximum Gasteiger partial charge on any atom is 0.328 e. The number of nitrogens with zero attached hydrogens (tertiary/aromatic N) is 1. The van der Waals surface area contributed by atoms with E-state index >= 15 is 0 Å². The van der Waals surface area contributed by atoms with Crippen LogP contribution in [0.25, 0.3) is 17.2 Å². The Labute approximate surface area is 198 Å². The molecule has 1 aliphatic carbocycles. The molecule has 1 aromatic heterocycles. The summed E-state index contributed by atoms with van der Waals surface area (Å²) in [6.45, 7) is 1.93. The molecule has 1 atom stereocenters. The van der Waals surface area contributed by atoms with E-state index in [9.17, 15) is 9.18 Å².